The standard InChI is InChI=1S/C12H17ClN2O2/c13-10-5-7-14-11(9-10)12(17)15-6-3-1-2-4-8-16/h5,7,9,16H,1-4,6,8H2,(H,15,17). The molecule has 17 heavy (non-hydrogen) atoms. The van der Waals surface area contributed by atoms with Gasteiger partial charge in [0.05, 0.1) is 0 Å². The van der Waals surface area contributed by atoms with Crippen LogP contribution >= 0.6 is 11.6 Å². The Morgan fingerprint density at radius 2 is 2.12 bits per heavy atom. The van der Waals surface area contributed by atoms with E-state index in [-0.39, 0.29) is 12.5 Å². The monoisotopic (exact) mass is 256 g/mol. The lowest BCUT2D eigenvalue weighted by atomic mass is 10.2. The largest absolute Gasteiger partial charge is 0.396 e. The quantitative estimate of drug-likeness (QED) is 0.734. The lowest BCUT2D eigenvalue weighted by Crippen LogP contribution is -2.25. The first-order valence-corrected chi connectivity index (χ1v) is 6.12. The maximum absolute atomic E-state index is 11.6. The summed E-state index contributed by atoms with van der Waals surface area (Å²) in [4.78, 5) is 15.6. The van der Waals surface area contributed by atoms with Crippen molar-refractivity contribution >= 4 is 17.5 Å². The summed E-state index contributed by atoms with van der Waals surface area (Å²) in [5.74, 6) is -0.199. The highest BCUT2D eigenvalue weighted by Crippen LogP contribution is 2.07. The zero-order chi connectivity index (χ0) is 12.5. The minimum absolute atomic E-state index is 0.199. The van der Waals surface area contributed by atoms with Crippen molar-refractivity contribution in [2.45, 2.75) is 25.7 Å². The fourth-order valence-corrected chi connectivity index (χ4v) is 1.57. The van der Waals surface area contributed by atoms with Crippen molar-refractivity contribution in [3.63, 3.8) is 0 Å². The van der Waals surface area contributed by atoms with Crippen molar-refractivity contribution in [3.8, 4) is 0 Å². The molecule has 2 N–H and O–H groups in total. The van der Waals surface area contributed by atoms with Gasteiger partial charge in [0.15, 0.2) is 0 Å². The molecule has 0 unspecified atom stereocenters. The number of unbranched alkanes of at least 4 members (excludes halogenated alkanes) is 3. The molecule has 1 heterocycles. The number of nitrogens with zero attached hydrogens (tertiary/aromatic N) is 1. The summed E-state index contributed by atoms with van der Waals surface area (Å²) in [7, 11) is 0. The molecule has 0 bridgehead atoms. The second-order valence-electron chi connectivity index (χ2n) is 3.75. The summed E-state index contributed by atoms with van der Waals surface area (Å²) in [5.41, 5.74) is 0.341. The third-order valence-corrected chi connectivity index (χ3v) is 2.56. The number of aliphatic hydroxyl groups excluding tert-OH is 1. The van der Waals surface area contributed by atoms with Crippen LogP contribution in [0.4, 0.5) is 0 Å². The maximum atomic E-state index is 11.6. The highest BCUT2D eigenvalue weighted by atomic mass is 35.5. The molecular formula is C12H17ClN2O2. The Morgan fingerprint density at radius 1 is 1.35 bits per heavy atom. The molecular weight excluding hydrogens is 240 g/mol. The van der Waals surface area contributed by atoms with Crippen molar-refractivity contribution in [2.24, 2.45) is 0 Å². The van der Waals surface area contributed by atoms with Crippen LogP contribution in [-0.2, 0) is 0 Å². The first-order chi connectivity index (χ1) is 8.24. The number of rotatable bonds is 7. The number of aromatic nitrogens is 1. The molecule has 1 amide bonds. The second kappa shape index (κ2) is 8.03. The van der Waals surface area contributed by atoms with Gasteiger partial charge in [0.1, 0.15) is 5.69 Å². The minimum atomic E-state index is -0.199. The van der Waals surface area contributed by atoms with Crippen LogP contribution in [0.3, 0.4) is 0 Å². The van der Waals surface area contributed by atoms with E-state index in [0.29, 0.717) is 17.3 Å². The minimum Gasteiger partial charge on any atom is -0.396 e. The summed E-state index contributed by atoms with van der Waals surface area (Å²) in [6.45, 7) is 0.858. The molecule has 0 saturated heterocycles. The predicted molar refractivity (Wildman–Crippen MR) is 67.1 cm³/mol. The number of aliphatic hydroxyl groups is 1. The molecule has 1 aromatic heterocycles. The molecule has 0 atom stereocenters. The van der Waals surface area contributed by atoms with Gasteiger partial charge < -0.3 is 10.4 Å². The molecule has 0 aliphatic rings. The lowest BCUT2D eigenvalue weighted by molar-refractivity contribution is 0.0948. The average Bonchev–Trinajstić information content (AvgIpc) is 2.33. The fraction of sp³-hybridized carbons (Fsp3) is 0.500. The van der Waals surface area contributed by atoms with E-state index in [0.717, 1.165) is 25.7 Å². The molecule has 1 rings (SSSR count). The van der Waals surface area contributed by atoms with E-state index in [1.807, 2.05) is 0 Å². The Kier molecular flexibility index (Phi) is 6.58. The zero-order valence-corrected chi connectivity index (χ0v) is 10.4. The van der Waals surface area contributed by atoms with Crippen LogP contribution in [-0.4, -0.2) is 29.1 Å². The normalized spacial score (nSPS) is 10.2. The van der Waals surface area contributed by atoms with Gasteiger partial charge in [-0.15, -0.1) is 0 Å². The van der Waals surface area contributed by atoms with Crippen LogP contribution in [0.15, 0.2) is 18.3 Å². The topological polar surface area (TPSA) is 62.2 Å². The number of hydrogen-bond donors (Lipinski definition) is 2. The lowest BCUT2D eigenvalue weighted by Gasteiger charge is -2.04. The Morgan fingerprint density at radius 3 is 2.82 bits per heavy atom. The Balaban J connectivity index is 2.21. The molecule has 0 aliphatic heterocycles. The van der Waals surface area contributed by atoms with E-state index < -0.39 is 0 Å². The van der Waals surface area contributed by atoms with Crippen LogP contribution < -0.4 is 5.32 Å². The first-order valence-electron chi connectivity index (χ1n) is 5.74. The van der Waals surface area contributed by atoms with Gasteiger partial charge in [-0.1, -0.05) is 24.4 Å². The summed E-state index contributed by atoms with van der Waals surface area (Å²) in [6.07, 6.45) is 5.24. The third kappa shape index (κ3) is 5.65. The van der Waals surface area contributed by atoms with E-state index in [2.05, 4.69) is 10.3 Å². The molecule has 0 aromatic carbocycles. The van der Waals surface area contributed by atoms with Gasteiger partial charge in [0, 0.05) is 24.4 Å². The number of nitrogens with one attached hydrogen (secondary N) is 1. The molecule has 0 spiro atoms. The van der Waals surface area contributed by atoms with Crippen molar-refractivity contribution < 1.29 is 9.90 Å². The SMILES string of the molecule is O=C(NCCCCCCO)c1cc(Cl)ccn1. The molecule has 94 valence electrons. The Bertz CT molecular complexity index is 358. The van der Waals surface area contributed by atoms with Crippen molar-refractivity contribution in [1.29, 1.82) is 0 Å². The molecule has 5 heteroatoms. The summed E-state index contributed by atoms with van der Waals surface area (Å²) >= 11 is 5.76. The molecule has 0 saturated carbocycles. The fourth-order valence-electron chi connectivity index (χ4n) is 1.41. The van der Waals surface area contributed by atoms with Gasteiger partial charge in [0.25, 0.3) is 5.91 Å². The van der Waals surface area contributed by atoms with Crippen molar-refractivity contribution in [3.05, 3.63) is 29.0 Å². The van der Waals surface area contributed by atoms with Crippen LogP contribution in [0.5, 0.6) is 0 Å². The molecule has 4 nitrogen and oxygen atoms in total. The molecule has 0 radical (unpaired) electrons. The first kappa shape index (κ1) is 13.9. The van der Waals surface area contributed by atoms with Gasteiger partial charge in [-0.05, 0) is 25.0 Å². The summed E-state index contributed by atoms with van der Waals surface area (Å²) in [6, 6.07) is 3.18. The highest BCUT2D eigenvalue weighted by molar-refractivity contribution is 6.30. The van der Waals surface area contributed by atoms with Crippen molar-refractivity contribution in [1.82, 2.24) is 10.3 Å². The molecule has 1 aromatic rings. The van der Waals surface area contributed by atoms with Crippen LogP contribution in [0, 0.1) is 0 Å². The predicted octanol–water partition coefficient (Wildman–Crippen LogP) is 2.02. The van der Waals surface area contributed by atoms with E-state index >= 15 is 0 Å². The second-order valence-corrected chi connectivity index (χ2v) is 4.19. The summed E-state index contributed by atoms with van der Waals surface area (Å²) < 4.78 is 0. The Hall–Kier alpha value is -1.13. The highest BCUT2D eigenvalue weighted by Gasteiger charge is 2.06. The number of halogens is 1. The third-order valence-electron chi connectivity index (χ3n) is 2.33. The molecule has 0 fully saturated rings. The number of pyridine rings is 1. The van der Waals surface area contributed by atoms with E-state index in [9.17, 15) is 4.79 Å². The molecule has 0 aliphatic carbocycles. The maximum Gasteiger partial charge on any atom is 0.269 e. The average molecular weight is 257 g/mol. The number of amides is 1. The van der Waals surface area contributed by atoms with Crippen molar-refractivity contribution in [2.75, 3.05) is 13.2 Å². The zero-order valence-electron chi connectivity index (χ0n) is 9.66. The van der Waals surface area contributed by atoms with E-state index in [1.54, 1.807) is 12.1 Å². The van der Waals surface area contributed by atoms with Gasteiger partial charge in [0.2, 0.25) is 0 Å². The smallest absolute Gasteiger partial charge is 0.269 e. The Labute approximate surface area is 106 Å². The number of carbonyl (C=O) groups is 1. The van der Waals surface area contributed by atoms with Crippen LogP contribution in [0.25, 0.3) is 0 Å². The van der Waals surface area contributed by atoms with E-state index in [1.165, 1.54) is 6.20 Å². The van der Waals surface area contributed by atoms with Crippen LogP contribution in [0.2, 0.25) is 5.02 Å². The summed E-state index contributed by atoms with van der Waals surface area (Å²) in [5, 5.41) is 11.9. The number of carbonyl (C=O) groups excluding carboxylic acids is 1. The van der Waals surface area contributed by atoms with Crippen LogP contribution in [0.1, 0.15) is 36.2 Å². The van der Waals surface area contributed by atoms with Gasteiger partial charge in [-0.3, -0.25) is 9.78 Å². The van der Waals surface area contributed by atoms with E-state index in [4.69, 9.17) is 16.7 Å². The number of hydrogen-bond acceptors (Lipinski definition) is 3. The van der Waals surface area contributed by atoms with Gasteiger partial charge in [-0.2, -0.15) is 0 Å². The van der Waals surface area contributed by atoms with Gasteiger partial charge >= 0.3 is 0 Å². The van der Waals surface area contributed by atoms with Gasteiger partial charge in [-0.25, -0.2) is 0 Å².